The molecule has 1 aliphatic heterocycles. The van der Waals surface area contributed by atoms with Gasteiger partial charge in [-0.3, -0.25) is 5.01 Å². The zero-order valence-electron chi connectivity index (χ0n) is 15.5. The van der Waals surface area contributed by atoms with E-state index < -0.39 is 0 Å². The quantitative estimate of drug-likeness (QED) is 0.697. The topological polar surface area (TPSA) is 20.0 Å². The van der Waals surface area contributed by atoms with Crippen LogP contribution in [0, 0.1) is 0 Å². The summed E-state index contributed by atoms with van der Waals surface area (Å²) in [6, 6.07) is 32.5. The van der Waals surface area contributed by atoms with E-state index >= 15 is 0 Å². The van der Waals surface area contributed by atoms with Crippen molar-refractivity contribution in [1.82, 2.24) is 5.01 Å². The molecular formula is C24H26N3+. The van der Waals surface area contributed by atoms with Crippen molar-refractivity contribution in [2.45, 2.75) is 6.04 Å². The lowest BCUT2D eigenvalue weighted by Gasteiger charge is -2.35. The zero-order chi connectivity index (χ0) is 18.3. The molecule has 3 heteroatoms. The summed E-state index contributed by atoms with van der Waals surface area (Å²) in [7, 11) is 0. The summed E-state index contributed by atoms with van der Waals surface area (Å²) in [5, 5.41) is 6.89. The molecule has 3 nitrogen and oxygen atoms in total. The number of hydrogen-bond donors (Lipinski definition) is 1. The lowest BCUT2D eigenvalue weighted by atomic mass is 9.96. The molecule has 0 radical (unpaired) electrons. The van der Waals surface area contributed by atoms with Crippen LogP contribution in [-0.2, 0) is 0 Å². The van der Waals surface area contributed by atoms with Gasteiger partial charge in [-0.15, -0.1) is 0 Å². The smallest absolute Gasteiger partial charge is 0.139 e. The molecule has 0 saturated carbocycles. The van der Waals surface area contributed by atoms with E-state index in [1.807, 2.05) is 24.4 Å². The van der Waals surface area contributed by atoms with Crippen LogP contribution in [0.3, 0.4) is 0 Å². The van der Waals surface area contributed by atoms with Gasteiger partial charge in [0.1, 0.15) is 6.04 Å². The van der Waals surface area contributed by atoms with E-state index in [1.54, 1.807) is 4.90 Å². The Hall–Kier alpha value is -2.91. The average Bonchev–Trinajstić information content (AvgIpc) is 2.76. The third-order valence-electron chi connectivity index (χ3n) is 5.23. The van der Waals surface area contributed by atoms with Crippen molar-refractivity contribution in [1.29, 1.82) is 0 Å². The van der Waals surface area contributed by atoms with Gasteiger partial charge in [-0.1, -0.05) is 91.0 Å². The van der Waals surface area contributed by atoms with E-state index in [2.05, 4.69) is 82.9 Å². The Morgan fingerprint density at radius 1 is 0.704 bits per heavy atom. The normalized spacial score (nSPS) is 15.5. The molecule has 27 heavy (non-hydrogen) atoms. The Morgan fingerprint density at radius 2 is 1.19 bits per heavy atom. The zero-order valence-corrected chi connectivity index (χ0v) is 15.5. The van der Waals surface area contributed by atoms with Crippen LogP contribution in [0.25, 0.3) is 0 Å². The van der Waals surface area contributed by atoms with E-state index in [0.29, 0.717) is 6.04 Å². The number of rotatable bonds is 5. The van der Waals surface area contributed by atoms with Crippen molar-refractivity contribution in [2.75, 3.05) is 26.2 Å². The Morgan fingerprint density at radius 3 is 1.70 bits per heavy atom. The number of piperazine rings is 1. The fourth-order valence-corrected chi connectivity index (χ4v) is 3.83. The molecule has 136 valence electrons. The highest BCUT2D eigenvalue weighted by Crippen LogP contribution is 2.19. The van der Waals surface area contributed by atoms with Crippen LogP contribution >= 0.6 is 0 Å². The molecule has 1 aliphatic rings. The minimum absolute atomic E-state index is 0.382. The van der Waals surface area contributed by atoms with Gasteiger partial charge < -0.3 is 4.90 Å². The summed E-state index contributed by atoms with van der Waals surface area (Å²) in [6.07, 6.45) is 1.97. The van der Waals surface area contributed by atoms with E-state index in [0.717, 1.165) is 31.7 Å². The number of benzene rings is 3. The van der Waals surface area contributed by atoms with Gasteiger partial charge in [-0.25, -0.2) is 0 Å². The molecule has 1 saturated heterocycles. The fourth-order valence-electron chi connectivity index (χ4n) is 3.83. The summed E-state index contributed by atoms with van der Waals surface area (Å²) in [5.41, 5.74) is 3.93. The molecule has 4 rings (SSSR count). The van der Waals surface area contributed by atoms with Gasteiger partial charge >= 0.3 is 0 Å². The molecule has 0 spiro atoms. The molecule has 0 amide bonds. The lowest BCUT2D eigenvalue weighted by molar-refractivity contribution is -0.929. The number of quaternary nitrogens is 1. The highest BCUT2D eigenvalue weighted by molar-refractivity contribution is 5.79. The number of hydrazone groups is 1. The molecule has 0 bridgehead atoms. The SMILES string of the molecule is C(=NN1CC[NH+](C(c2ccccc2)c2ccccc2)CC1)c1ccccc1. The van der Waals surface area contributed by atoms with Crippen LogP contribution in [0.1, 0.15) is 22.7 Å². The van der Waals surface area contributed by atoms with Gasteiger partial charge in [0.05, 0.1) is 32.4 Å². The monoisotopic (exact) mass is 356 g/mol. The number of nitrogens with one attached hydrogen (secondary N) is 1. The van der Waals surface area contributed by atoms with Gasteiger partial charge in [0, 0.05) is 11.1 Å². The van der Waals surface area contributed by atoms with Crippen molar-refractivity contribution in [3.8, 4) is 0 Å². The standard InChI is InChI=1S/C24H25N3/c1-4-10-21(11-5-1)20-25-27-18-16-26(17-19-27)24(22-12-6-2-7-13-22)23-14-8-3-9-15-23/h1-15,20,24H,16-19H2/p+1. The van der Waals surface area contributed by atoms with Gasteiger partial charge in [-0.05, 0) is 5.56 Å². The van der Waals surface area contributed by atoms with Crippen LogP contribution in [0.4, 0.5) is 0 Å². The Bertz CT molecular complexity index is 799. The average molecular weight is 356 g/mol. The largest absolute Gasteiger partial charge is 0.322 e. The summed E-state index contributed by atoms with van der Waals surface area (Å²) in [4.78, 5) is 1.61. The maximum Gasteiger partial charge on any atom is 0.139 e. The summed E-state index contributed by atoms with van der Waals surface area (Å²) >= 11 is 0. The third-order valence-corrected chi connectivity index (χ3v) is 5.23. The predicted molar refractivity (Wildman–Crippen MR) is 111 cm³/mol. The molecule has 1 fully saturated rings. The van der Waals surface area contributed by atoms with Crippen molar-refractivity contribution < 1.29 is 4.90 Å². The van der Waals surface area contributed by atoms with Gasteiger partial charge in [0.15, 0.2) is 0 Å². The van der Waals surface area contributed by atoms with Gasteiger partial charge in [0.25, 0.3) is 0 Å². The first-order chi connectivity index (χ1) is 13.4. The maximum absolute atomic E-state index is 4.69. The number of hydrogen-bond acceptors (Lipinski definition) is 2. The molecule has 3 aromatic rings. The highest BCUT2D eigenvalue weighted by atomic mass is 15.5. The predicted octanol–water partition coefficient (Wildman–Crippen LogP) is 3.01. The Kier molecular flexibility index (Phi) is 5.61. The highest BCUT2D eigenvalue weighted by Gasteiger charge is 2.29. The van der Waals surface area contributed by atoms with Crippen LogP contribution in [0.2, 0.25) is 0 Å². The van der Waals surface area contributed by atoms with Gasteiger partial charge in [0.2, 0.25) is 0 Å². The maximum atomic E-state index is 4.69. The Balaban J connectivity index is 1.47. The Labute approximate surface area is 161 Å². The molecule has 0 unspecified atom stereocenters. The summed E-state index contributed by atoms with van der Waals surface area (Å²) in [5.74, 6) is 0. The van der Waals surface area contributed by atoms with Crippen molar-refractivity contribution in [3.63, 3.8) is 0 Å². The first-order valence-electron chi connectivity index (χ1n) is 9.68. The van der Waals surface area contributed by atoms with Gasteiger partial charge in [-0.2, -0.15) is 5.10 Å². The summed E-state index contributed by atoms with van der Waals surface area (Å²) in [6.45, 7) is 4.13. The van der Waals surface area contributed by atoms with Crippen molar-refractivity contribution in [2.24, 2.45) is 5.10 Å². The molecular weight excluding hydrogens is 330 g/mol. The molecule has 3 aromatic carbocycles. The van der Waals surface area contributed by atoms with E-state index in [-0.39, 0.29) is 0 Å². The fraction of sp³-hybridized carbons (Fsp3) is 0.208. The molecule has 0 aromatic heterocycles. The number of nitrogens with zero attached hydrogens (tertiary/aromatic N) is 2. The van der Waals surface area contributed by atoms with Crippen LogP contribution in [0.15, 0.2) is 96.1 Å². The van der Waals surface area contributed by atoms with Crippen molar-refractivity contribution in [3.05, 3.63) is 108 Å². The second kappa shape index (κ2) is 8.65. The second-order valence-electron chi connectivity index (χ2n) is 7.02. The van der Waals surface area contributed by atoms with Crippen LogP contribution in [0.5, 0.6) is 0 Å². The van der Waals surface area contributed by atoms with Crippen LogP contribution in [-0.4, -0.2) is 37.4 Å². The minimum atomic E-state index is 0.382. The molecule has 1 heterocycles. The molecule has 0 aliphatic carbocycles. The van der Waals surface area contributed by atoms with Crippen LogP contribution < -0.4 is 4.90 Å². The third kappa shape index (κ3) is 4.44. The second-order valence-corrected chi connectivity index (χ2v) is 7.02. The molecule has 1 N–H and O–H groups in total. The first-order valence-corrected chi connectivity index (χ1v) is 9.68. The van der Waals surface area contributed by atoms with E-state index in [9.17, 15) is 0 Å². The lowest BCUT2D eigenvalue weighted by Crippen LogP contribution is -3.15. The van der Waals surface area contributed by atoms with E-state index in [4.69, 9.17) is 0 Å². The summed E-state index contributed by atoms with van der Waals surface area (Å²) < 4.78 is 0. The van der Waals surface area contributed by atoms with Crippen molar-refractivity contribution >= 4 is 6.21 Å². The minimum Gasteiger partial charge on any atom is -0.322 e. The van der Waals surface area contributed by atoms with E-state index in [1.165, 1.54) is 11.1 Å². The first kappa shape index (κ1) is 17.5. The molecule has 0 atom stereocenters.